The third-order valence-electron chi connectivity index (χ3n) is 4.15. The number of nitrogens with zero attached hydrogens (tertiary/aromatic N) is 3. The Hall–Kier alpha value is -3.34. The lowest BCUT2D eigenvalue weighted by Gasteiger charge is -2.12. The smallest absolute Gasteiger partial charge is 0.497 e. The highest BCUT2D eigenvalue weighted by Crippen LogP contribution is 2.32. The van der Waals surface area contributed by atoms with E-state index >= 15 is 0 Å². The van der Waals surface area contributed by atoms with Crippen molar-refractivity contribution in [1.29, 1.82) is 0 Å². The van der Waals surface area contributed by atoms with Gasteiger partial charge in [-0.3, -0.25) is 4.57 Å². The van der Waals surface area contributed by atoms with Crippen molar-refractivity contribution in [3.05, 3.63) is 54.9 Å². The normalized spacial score (nSPS) is 11.4. The van der Waals surface area contributed by atoms with Gasteiger partial charge in [-0.05, 0) is 30.3 Å². The van der Waals surface area contributed by atoms with E-state index in [1.807, 2.05) is 13.8 Å². The number of ether oxygens (including phenoxy) is 1. The number of imidazole rings is 1. The van der Waals surface area contributed by atoms with Crippen molar-refractivity contribution < 1.29 is 30.5 Å². The molecule has 4 rings (SSSR count). The largest absolute Gasteiger partial charge is 0.534 e. The summed E-state index contributed by atoms with van der Waals surface area (Å²) in [6.07, 6.45) is 1.49. The van der Waals surface area contributed by atoms with Gasteiger partial charge in [0.1, 0.15) is 23.4 Å². The summed E-state index contributed by atoms with van der Waals surface area (Å²) in [5, 5.41) is 0.412. The predicted molar refractivity (Wildman–Crippen MR) is 117 cm³/mol. The topological polar surface area (TPSA) is 83.3 Å². The zero-order valence-electron chi connectivity index (χ0n) is 16.7. The van der Waals surface area contributed by atoms with E-state index in [-0.39, 0.29) is 12.9 Å². The molecule has 0 atom stereocenters. The van der Waals surface area contributed by atoms with Crippen LogP contribution in [0.1, 0.15) is 21.3 Å². The molecule has 0 N–H and O–H groups in total. The van der Waals surface area contributed by atoms with Crippen LogP contribution in [0.3, 0.4) is 0 Å². The van der Waals surface area contributed by atoms with Crippen LogP contribution in [0, 0.1) is 0 Å². The van der Waals surface area contributed by atoms with E-state index in [0.717, 1.165) is 6.07 Å². The number of fused-ring (bicyclic) bond motifs is 2. The van der Waals surface area contributed by atoms with Crippen LogP contribution < -0.4 is 8.92 Å². The van der Waals surface area contributed by atoms with Crippen LogP contribution in [0.5, 0.6) is 11.5 Å². The second-order valence-electron chi connectivity index (χ2n) is 5.95. The number of para-hydroxylation sites is 1. The Morgan fingerprint density at radius 2 is 1.75 bits per heavy atom. The van der Waals surface area contributed by atoms with Crippen LogP contribution in [0.25, 0.3) is 27.8 Å². The molecule has 2 aromatic carbocycles. The van der Waals surface area contributed by atoms with E-state index < -0.39 is 21.4 Å². The lowest BCUT2D eigenvalue weighted by atomic mass is 10.2. The third kappa shape index (κ3) is 4.62. The number of rotatable bonds is 4. The van der Waals surface area contributed by atoms with Gasteiger partial charge in [0.15, 0.2) is 5.75 Å². The van der Waals surface area contributed by atoms with Crippen LogP contribution in [0.2, 0.25) is 0 Å². The van der Waals surface area contributed by atoms with Crippen LogP contribution >= 0.6 is 0 Å². The number of methoxy groups -OCH3 is 1. The summed E-state index contributed by atoms with van der Waals surface area (Å²) in [5.41, 5.74) is -4.28. The molecule has 0 aliphatic carbocycles. The number of benzene rings is 2. The zero-order valence-corrected chi connectivity index (χ0v) is 17.5. The molecule has 0 fully saturated rings. The summed E-state index contributed by atoms with van der Waals surface area (Å²) in [7, 11) is -4.30. The number of hydrogen-bond donors (Lipinski definition) is 0. The molecule has 0 bridgehead atoms. The van der Waals surface area contributed by atoms with Crippen LogP contribution in [-0.4, -0.2) is 35.6 Å². The summed E-state index contributed by atoms with van der Waals surface area (Å²) < 4.78 is 72.0. The fourth-order valence-electron chi connectivity index (χ4n) is 2.78. The number of alkyl halides is 3. The molecule has 0 aliphatic rings. The fraction of sp³-hybridized carbons (Fsp3) is 0.238. The molecule has 4 aromatic rings. The molecule has 0 amide bonds. The Bertz CT molecular complexity index is 1340. The minimum absolute atomic E-state index is 0. The molecule has 0 unspecified atom stereocenters. The maximum Gasteiger partial charge on any atom is 0.534 e. The van der Waals surface area contributed by atoms with Gasteiger partial charge in [-0.25, -0.2) is 9.97 Å². The highest BCUT2D eigenvalue weighted by molar-refractivity contribution is 7.88. The first-order valence-corrected chi connectivity index (χ1v) is 10.5. The zero-order chi connectivity index (χ0) is 22.8. The molecule has 2 heterocycles. The first-order chi connectivity index (χ1) is 14.7. The van der Waals surface area contributed by atoms with Gasteiger partial charge >= 0.3 is 15.6 Å². The van der Waals surface area contributed by atoms with Gasteiger partial charge in [0.05, 0.1) is 18.1 Å². The van der Waals surface area contributed by atoms with E-state index in [0.29, 0.717) is 28.0 Å². The average Bonchev–Trinajstić information content (AvgIpc) is 3.17. The molecule has 0 saturated carbocycles. The van der Waals surface area contributed by atoms with Crippen molar-refractivity contribution in [1.82, 2.24) is 14.5 Å². The van der Waals surface area contributed by atoms with Gasteiger partial charge in [-0.2, -0.15) is 21.6 Å². The second-order valence-corrected chi connectivity index (χ2v) is 7.49. The van der Waals surface area contributed by atoms with Gasteiger partial charge in [0, 0.05) is 11.5 Å². The van der Waals surface area contributed by atoms with Crippen molar-refractivity contribution in [2.24, 2.45) is 0 Å². The molecular weight excluding hydrogens is 447 g/mol. The van der Waals surface area contributed by atoms with E-state index in [2.05, 4.69) is 14.2 Å². The molecule has 7 nitrogen and oxygen atoms in total. The lowest BCUT2D eigenvalue weighted by molar-refractivity contribution is -0.0499. The minimum atomic E-state index is -5.82. The molecule has 0 aliphatic heterocycles. The first kappa shape index (κ1) is 24.9. The molecule has 0 spiro atoms. The third-order valence-corrected chi connectivity index (χ3v) is 5.12. The molecule has 2 aromatic heterocycles. The lowest BCUT2D eigenvalue weighted by Crippen LogP contribution is -2.28. The van der Waals surface area contributed by atoms with Gasteiger partial charge in [0.25, 0.3) is 0 Å². The van der Waals surface area contributed by atoms with Gasteiger partial charge in [0.2, 0.25) is 0 Å². The summed E-state index contributed by atoms with van der Waals surface area (Å²) >= 11 is 0. The standard InChI is InChI=1S/C18H12F3N3O4S.C2H6.CH4/c1-27-12-6-7-14-13(9-12)22-10-24(14)16-8-5-11-3-2-4-15(17(11)23-16)28-29(25,26)18(19,20)21;1-2;/h2-10H,1H3;1-2H3;1H4. The monoisotopic (exact) mass is 469 g/mol. The van der Waals surface area contributed by atoms with E-state index in [1.165, 1.54) is 19.5 Å². The Morgan fingerprint density at radius 1 is 1.03 bits per heavy atom. The van der Waals surface area contributed by atoms with Gasteiger partial charge < -0.3 is 8.92 Å². The van der Waals surface area contributed by atoms with Crippen molar-refractivity contribution in [2.75, 3.05) is 7.11 Å². The summed E-state index contributed by atoms with van der Waals surface area (Å²) in [6.45, 7) is 4.00. The Kier molecular flexibility index (Phi) is 7.34. The van der Waals surface area contributed by atoms with Gasteiger partial charge in [-0.1, -0.05) is 33.4 Å². The van der Waals surface area contributed by atoms with E-state index in [9.17, 15) is 21.6 Å². The molecule has 11 heteroatoms. The average molecular weight is 469 g/mol. The first-order valence-electron chi connectivity index (χ1n) is 9.11. The molecular formula is C21H22F3N3O4S. The predicted octanol–water partition coefficient (Wildman–Crippen LogP) is 5.47. The number of halogens is 3. The summed E-state index contributed by atoms with van der Waals surface area (Å²) in [6, 6.07) is 12.5. The SMILES string of the molecule is C.CC.COc1ccc2c(c1)ncn2-c1ccc2cccc(OS(=O)(=O)C(F)(F)F)c2n1. The van der Waals surface area contributed by atoms with Crippen LogP contribution in [0.4, 0.5) is 13.2 Å². The van der Waals surface area contributed by atoms with Crippen molar-refractivity contribution in [3.63, 3.8) is 0 Å². The second kappa shape index (κ2) is 9.43. The molecule has 172 valence electrons. The Morgan fingerprint density at radius 3 is 2.41 bits per heavy atom. The summed E-state index contributed by atoms with van der Waals surface area (Å²) in [4.78, 5) is 8.58. The highest BCUT2D eigenvalue weighted by Gasteiger charge is 2.48. The molecule has 0 saturated heterocycles. The Labute approximate surface area is 183 Å². The number of hydrogen-bond acceptors (Lipinski definition) is 6. The Balaban J connectivity index is 0.00000118. The fourth-order valence-corrected chi connectivity index (χ4v) is 3.24. The molecule has 32 heavy (non-hydrogen) atoms. The van der Waals surface area contributed by atoms with Gasteiger partial charge in [-0.15, -0.1) is 0 Å². The molecule has 0 radical (unpaired) electrons. The van der Waals surface area contributed by atoms with Crippen molar-refractivity contribution in [2.45, 2.75) is 26.8 Å². The van der Waals surface area contributed by atoms with Crippen molar-refractivity contribution in [3.8, 4) is 17.3 Å². The number of aromatic nitrogens is 3. The highest BCUT2D eigenvalue weighted by atomic mass is 32.2. The maximum atomic E-state index is 12.7. The minimum Gasteiger partial charge on any atom is -0.497 e. The number of pyridine rings is 1. The summed E-state index contributed by atoms with van der Waals surface area (Å²) in [5.74, 6) is 0.417. The van der Waals surface area contributed by atoms with E-state index in [4.69, 9.17) is 4.74 Å². The van der Waals surface area contributed by atoms with E-state index in [1.54, 1.807) is 41.0 Å². The van der Waals surface area contributed by atoms with Crippen LogP contribution in [-0.2, 0) is 10.1 Å². The van der Waals surface area contributed by atoms with Crippen molar-refractivity contribution >= 4 is 32.1 Å². The quantitative estimate of drug-likeness (QED) is 0.291. The maximum absolute atomic E-state index is 12.7. The van der Waals surface area contributed by atoms with Crippen LogP contribution in [0.15, 0.2) is 54.9 Å².